The number of rotatable bonds is 2. The molecule has 0 radical (unpaired) electrons. The van der Waals surface area contributed by atoms with E-state index in [0.717, 1.165) is 17.5 Å². The first-order valence-corrected chi connectivity index (χ1v) is 5.18. The van der Waals surface area contributed by atoms with E-state index in [4.69, 9.17) is 10.7 Å². The Labute approximate surface area is 83.0 Å². The molecule has 2 unspecified atom stereocenters. The summed E-state index contributed by atoms with van der Waals surface area (Å²) in [5.41, 5.74) is 3.93. The van der Waals surface area contributed by atoms with Crippen LogP contribution in [0.5, 0.6) is 0 Å². The van der Waals surface area contributed by atoms with E-state index < -0.39 is 0 Å². The van der Waals surface area contributed by atoms with Crippen LogP contribution >= 0.6 is 0 Å². The predicted molar refractivity (Wildman–Crippen MR) is 51.5 cm³/mol. The summed E-state index contributed by atoms with van der Waals surface area (Å²) in [6, 6.07) is 0. The zero-order chi connectivity index (χ0) is 9.71. The third kappa shape index (κ3) is 0.925. The third-order valence-electron chi connectivity index (χ3n) is 3.65. The van der Waals surface area contributed by atoms with Gasteiger partial charge in [-0.25, -0.2) is 5.90 Å². The standard InChI is InChI=1S/C10H15N3O/c1-13-10-7-3-2-6(4-7)9(10)8(12-13)5-14-11/h6-7H,2-5,11H2,1H3. The molecule has 0 spiro atoms. The van der Waals surface area contributed by atoms with Gasteiger partial charge in [0.15, 0.2) is 0 Å². The number of hydrogen-bond donors (Lipinski definition) is 1. The highest BCUT2D eigenvalue weighted by Gasteiger charge is 2.41. The summed E-state index contributed by atoms with van der Waals surface area (Å²) in [6.07, 6.45) is 3.97. The number of nitrogens with two attached hydrogens (primary N) is 1. The highest BCUT2D eigenvalue weighted by atomic mass is 16.6. The molecule has 1 aromatic rings. The maximum absolute atomic E-state index is 5.11. The lowest BCUT2D eigenvalue weighted by Gasteiger charge is -2.11. The van der Waals surface area contributed by atoms with Crippen LogP contribution in [0, 0.1) is 0 Å². The zero-order valence-electron chi connectivity index (χ0n) is 8.36. The van der Waals surface area contributed by atoms with Gasteiger partial charge in [-0.05, 0) is 25.2 Å². The van der Waals surface area contributed by atoms with Crippen LogP contribution in [-0.4, -0.2) is 9.78 Å². The Morgan fingerprint density at radius 2 is 2.29 bits per heavy atom. The summed E-state index contributed by atoms with van der Waals surface area (Å²) in [4.78, 5) is 4.70. The number of aryl methyl sites for hydroxylation is 1. The smallest absolute Gasteiger partial charge is 0.112 e. The lowest BCUT2D eigenvalue weighted by Crippen LogP contribution is -2.03. The van der Waals surface area contributed by atoms with E-state index in [9.17, 15) is 0 Å². The molecular formula is C10H15N3O. The van der Waals surface area contributed by atoms with Crippen LogP contribution in [-0.2, 0) is 18.5 Å². The largest absolute Gasteiger partial charge is 0.298 e. The molecule has 4 nitrogen and oxygen atoms in total. The van der Waals surface area contributed by atoms with Crippen LogP contribution in [0.25, 0.3) is 0 Å². The fraction of sp³-hybridized carbons (Fsp3) is 0.700. The normalized spacial score (nSPS) is 28.4. The molecule has 0 aliphatic heterocycles. The minimum absolute atomic E-state index is 0.451. The number of hydrogen-bond acceptors (Lipinski definition) is 3. The summed E-state index contributed by atoms with van der Waals surface area (Å²) in [7, 11) is 2.03. The average molecular weight is 193 g/mol. The van der Waals surface area contributed by atoms with Gasteiger partial charge in [-0.1, -0.05) is 0 Å². The van der Waals surface area contributed by atoms with E-state index in [1.807, 2.05) is 11.7 Å². The van der Waals surface area contributed by atoms with Gasteiger partial charge in [-0.3, -0.25) is 9.52 Å². The van der Waals surface area contributed by atoms with E-state index in [2.05, 4.69) is 5.10 Å². The molecule has 1 fully saturated rings. The van der Waals surface area contributed by atoms with Gasteiger partial charge in [0.1, 0.15) is 6.61 Å². The Hall–Kier alpha value is -0.870. The van der Waals surface area contributed by atoms with Crippen LogP contribution < -0.4 is 5.90 Å². The Bertz CT molecular complexity index is 372. The molecule has 2 aliphatic carbocycles. The van der Waals surface area contributed by atoms with Crippen molar-refractivity contribution in [2.75, 3.05) is 0 Å². The van der Waals surface area contributed by atoms with Crippen molar-refractivity contribution < 1.29 is 4.84 Å². The second-order valence-corrected chi connectivity index (χ2v) is 4.39. The van der Waals surface area contributed by atoms with Crippen LogP contribution in [0.2, 0.25) is 0 Å². The van der Waals surface area contributed by atoms with E-state index in [1.165, 1.54) is 30.5 Å². The summed E-state index contributed by atoms with van der Waals surface area (Å²) in [5.74, 6) is 6.59. The molecule has 2 atom stereocenters. The summed E-state index contributed by atoms with van der Waals surface area (Å²) < 4.78 is 2.02. The van der Waals surface area contributed by atoms with Crippen LogP contribution in [0.3, 0.4) is 0 Å². The fourth-order valence-corrected chi connectivity index (χ4v) is 3.22. The molecule has 2 bridgehead atoms. The molecule has 0 aromatic carbocycles. The van der Waals surface area contributed by atoms with Crippen molar-refractivity contribution in [2.45, 2.75) is 37.7 Å². The quantitative estimate of drug-likeness (QED) is 0.717. The molecule has 76 valence electrons. The average Bonchev–Trinajstić information content (AvgIpc) is 2.80. The molecule has 14 heavy (non-hydrogen) atoms. The minimum atomic E-state index is 0.451. The molecule has 2 N–H and O–H groups in total. The van der Waals surface area contributed by atoms with E-state index in [-0.39, 0.29) is 0 Å². The monoisotopic (exact) mass is 193 g/mol. The topological polar surface area (TPSA) is 53.1 Å². The zero-order valence-corrected chi connectivity index (χ0v) is 8.36. The van der Waals surface area contributed by atoms with Crippen molar-refractivity contribution >= 4 is 0 Å². The first-order chi connectivity index (χ1) is 6.81. The van der Waals surface area contributed by atoms with Gasteiger partial charge in [0, 0.05) is 24.2 Å². The highest BCUT2D eigenvalue weighted by molar-refractivity contribution is 5.40. The summed E-state index contributed by atoms with van der Waals surface area (Å²) in [6.45, 7) is 0.451. The van der Waals surface area contributed by atoms with Gasteiger partial charge in [0.05, 0.1) is 5.69 Å². The minimum Gasteiger partial charge on any atom is -0.298 e. The highest BCUT2D eigenvalue weighted by Crippen LogP contribution is 2.53. The van der Waals surface area contributed by atoms with Gasteiger partial charge >= 0.3 is 0 Å². The van der Waals surface area contributed by atoms with Crippen molar-refractivity contribution in [1.29, 1.82) is 0 Å². The molecule has 4 heteroatoms. The first-order valence-electron chi connectivity index (χ1n) is 5.18. The van der Waals surface area contributed by atoms with E-state index >= 15 is 0 Å². The van der Waals surface area contributed by atoms with Crippen molar-refractivity contribution in [3.63, 3.8) is 0 Å². The van der Waals surface area contributed by atoms with E-state index in [1.54, 1.807) is 0 Å². The van der Waals surface area contributed by atoms with Gasteiger partial charge in [-0.15, -0.1) is 0 Å². The van der Waals surface area contributed by atoms with Crippen LogP contribution in [0.1, 0.15) is 48.0 Å². The molecule has 2 aliphatic rings. The summed E-state index contributed by atoms with van der Waals surface area (Å²) in [5, 5.41) is 4.47. The number of nitrogens with zero attached hydrogens (tertiary/aromatic N) is 2. The molecular weight excluding hydrogens is 178 g/mol. The van der Waals surface area contributed by atoms with Crippen molar-refractivity contribution in [3.05, 3.63) is 17.0 Å². The second kappa shape index (κ2) is 2.81. The number of aromatic nitrogens is 2. The van der Waals surface area contributed by atoms with E-state index in [0.29, 0.717) is 6.61 Å². The first kappa shape index (κ1) is 8.44. The lowest BCUT2D eigenvalue weighted by atomic mass is 9.96. The second-order valence-electron chi connectivity index (χ2n) is 4.39. The van der Waals surface area contributed by atoms with Gasteiger partial charge in [0.25, 0.3) is 0 Å². The fourth-order valence-electron chi connectivity index (χ4n) is 3.22. The lowest BCUT2D eigenvalue weighted by molar-refractivity contribution is 0.120. The Morgan fingerprint density at radius 1 is 1.50 bits per heavy atom. The molecule has 1 aromatic heterocycles. The molecule has 0 saturated heterocycles. The Morgan fingerprint density at radius 3 is 3.07 bits per heavy atom. The van der Waals surface area contributed by atoms with Gasteiger partial charge in [-0.2, -0.15) is 5.10 Å². The number of fused-ring (bicyclic) bond motifs is 5. The molecule has 1 saturated carbocycles. The molecule has 0 amide bonds. The third-order valence-corrected chi connectivity index (χ3v) is 3.65. The maximum Gasteiger partial charge on any atom is 0.112 e. The van der Waals surface area contributed by atoms with Crippen LogP contribution in [0.15, 0.2) is 0 Å². The molecule has 1 heterocycles. The van der Waals surface area contributed by atoms with Gasteiger partial charge < -0.3 is 0 Å². The van der Waals surface area contributed by atoms with Crippen molar-refractivity contribution in [2.24, 2.45) is 12.9 Å². The SMILES string of the molecule is Cn1nc(CON)c2c1C1CCC2C1. The van der Waals surface area contributed by atoms with Gasteiger partial charge in [0.2, 0.25) is 0 Å². The Balaban J connectivity index is 2.10. The molecule has 3 rings (SSSR count). The Kier molecular flexibility index (Phi) is 1.69. The summed E-state index contributed by atoms with van der Waals surface area (Å²) >= 11 is 0. The van der Waals surface area contributed by atoms with Crippen molar-refractivity contribution in [3.8, 4) is 0 Å². The van der Waals surface area contributed by atoms with Crippen LogP contribution in [0.4, 0.5) is 0 Å². The van der Waals surface area contributed by atoms with Crippen molar-refractivity contribution in [1.82, 2.24) is 9.78 Å². The maximum atomic E-state index is 5.11. The predicted octanol–water partition coefficient (Wildman–Crippen LogP) is 1.18.